The van der Waals surface area contributed by atoms with E-state index in [2.05, 4.69) is 12.0 Å². The van der Waals surface area contributed by atoms with E-state index in [-0.39, 0.29) is 5.97 Å². The van der Waals surface area contributed by atoms with E-state index in [4.69, 9.17) is 10.5 Å². The van der Waals surface area contributed by atoms with Crippen molar-refractivity contribution >= 4 is 11.7 Å². The molecule has 0 aliphatic heterocycles. The highest BCUT2D eigenvalue weighted by Gasteiger charge is 2.20. The van der Waals surface area contributed by atoms with Crippen molar-refractivity contribution in [3.63, 3.8) is 0 Å². The number of esters is 1. The van der Waals surface area contributed by atoms with Gasteiger partial charge in [-0.3, -0.25) is 4.68 Å². The first-order chi connectivity index (χ1) is 8.61. The van der Waals surface area contributed by atoms with Gasteiger partial charge in [0.05, 0.1) is 18.0 Å². The van der Waals surface area contributed by atoms with Gasteiger partial charge in [-0.2, -0.15) is 5.10 Å². The molecule has 0 aromatic carbocycles. The first-order valence-corrected chi connectivity index (χ1v) is 6.60. The van der Waals surface area contributed by atoms with Gasteiger partial charge in [0, 0.05) is 7.05 Å². The van der Waals surface area contributed by atoms with E-state index in [1.165, 1.54) is 17.5 Å². The Morgan fingerprint density at radius 1 is 1.33 bits per heavy atom. The Balaban J connectivity index is 2.54. The maximum absolute atomic E-state index is 11.9. The lowest BCUT2D eigenvalue weighted by molar-refractivity contribution is 0.0486. The molecule has 18 heavy (non-hydrogen) atoms. The van der Waals surface area contributed by atoms with Crippen LogP contribution in [-0.2, 0) is 18.2 Å². The van der Waals surface area contributed by atoms with Gasteiger partial charge in [0.15, 0.2) is 5.69 Å². The Bertz CT molecular complexity index is 399. The Morgan fingerprint density at radius 2 is 2.06 bits per heavy atom. The van der Waals surface area contributed by atoms with Gasteiger partial charge >= 0.3 is 5.97 Å². The van der Waals surface area contributed by atoms with Crippen LogP contribution < -0.4 is 5.73 Å². The van der Waals surface area contributed by atoms with Crippen LogP contribution >= 0.6 is 0 Å². The molecule has 0 saturated heterocycles. The van der Waals surface area contributed by atoms with Crippen molar-refractivity contribution in [3.8, 4) is 0 Å². The van der Waals surface area contributed by atoms with Crippen molar-refractivity contribution < 1.29 is 9.53 Å². The monoisotopic (exact) mass is 253 g/mol. The number of carbonyl (C=O) groups excluding carboxylic acids is 1. The molecule has 0 radical (unpaired) electrons. The summed E-state index contributed by atoms with van der Waals surface area (Å²) in [4.78, 5) is 11.9. The van der Waals surface area contributed by atoms with E-state index >= 15 is 0 Å². The second-order valence-corrected chi connectivity index (χ2v) is 4.38. The summed E-state index contributed by atoms with van der Waals surface area (Å²) in [5.41, 5.74) is 7.44. The fraction of sp³-hybridized carbons (Fsp3) is 0.692. The van der Waals surface area contributed by atoms with Gasteiger partial charge in [0.1, 0.15) is 0 Å². The maximum Gasteiger partial charge on any atom is 0.358 e. The fourth-order valence-electron chi connectivity index (χ4n) is 1.86. The normalized spacial score (nSPS) is 10.6. The van der Waals surface area contributed by atoms with Gasteiger partial charge in [0.2, 0.25) is 0 Å². The van der Waals surface area contributed by atoms with Gasteiger partial charge in [0.25, 0.3) is 0 Å². The van der Waals surface area contributed by atoms with Crippen LogP contribution in [0.4, 0.5) is 5.69 Å². The molecule has 0 bridgehead atoms. The Morgan fingerprint density at radius 3 is 2.61 bits per heavy atom. The lowest BCUT2D eigenvalue weighted by Crippen LogP contribution is -2.13. The van der Waals surface area contributed by atoms with Gasteiger partial charge in [-0.15, -0.1) is 0 Å². The van der Waals surface area contributed by atoms with E-state index in [0.29, 0.717) is 24.4 Å². The molecule has 0 atom stereocenters. The van der Waals surface area contributed by atoms with E-state index in [0.717, 1.165) is 18.5 Å². The minimum absolute atomic E-state index is 0.363. The number of anilines is 1. The number of nitrogen functional groups attached to an aromatic ring is 1. The highest BCUT2D eigenvalue weighted by Crippen LogP contribution is 2.18. The van der Waals surface area contributed by atoms with Crippen LogP contribution in [0.2, 0.25) is 0 Å². The summed E-state index contributed by atoms with van der Waals surface area (Å²) >= 11 is 0. The van der Waals surface area contributed by atoms with Crippen LogP contribution in [0, 0.1) is 0 Å². The third kappa shape index (κ3) is 3.48. The second kappa shape index (κ2) is 7.03. The summed E-state index contributed by atoms with van der Waals surface area (Å²) in [5.74, 6) is -0.376. The van der Waals surface area contributed by atoms with Crippen molar-refractivity contribution in [3.05, 3.63) is 11.4 Å². The second-order valence-electron chi connectivity index (χ2n) is 4.38. The molecule has 5 nitrogen and oxygen atoms in total. The number of unbranched alkanes of at least 4 members (excludes halogenated alkanes) is 3. The Kier molecular flexibility index (Phi) is 5.68. The molecular formula is C13H23N3O2. The average molecular weight is 253 g/mol. The molecule has 102 valence electrons. The minimum atomic E-state index is -0.376. The topological polar surface area (TPSA) is 70.1 Å². The molecule has 5 heteroatoms. The molecule has 0 aliphatic rings. The van der Waals surface area contributed by atoms with Crippen LogP contribution in [0.5, 0.6) is 0 Å². The summed E-state index contributed by atoms with van der Waals surface area (Å²) in [6.45, 7) is 4.55. The molecular weight excluding hydrogens is 230 g/mol. The predicted octanol–water partition coefficient (Wildman–Crippen LogP) is 2.30. The van der Waals surface area contributed by atoms with E-state index in [9.17, 15) is 4.79 Å². The van der Waals surface area contributed by atoms with Gasteiger partial charge in [-0.05, 0) is 12.8 Å². The Hall–Kier alpha value is -1.52. The van der Waals surface area contributed by atoms with Crippen LogP contribution in [0.15, 0.2) is 0 Å². The maximum atomic E-state index is 11.9. The Labute approximate surface area is 108 Å². The number of hydrogen-bond acceptors (Lipinski definition) is 4. The van der Waals surface area contributed by atoms with Crippen molar-refractivity contribution in [1.29, 1.82) is 0 Å². The number of ether oxygens (including phenoxy) is 1. The molecule has 0 fully saturated rings. The van der Waals surface area contributed by atoms with Gasteiger partial charge < -0.3 is 10.5 Å². The zero-order chi connectivity index (χ0) is 13.5. The average Bonchev–Trinajstić information content (AvgIpc) is 2.63. The largest absolute Gasteiger partial charge is 0.461 e. The molecule has 2 N–H and O–H groups in total. The standard InChI is InChI=1S/C13H23N3O2/c1-4-6-7-8-9-18-13(17)12-11(14)10(5-2)15-16(12)3/h4-9,14H2,1-3H3. The first-order valence-electron chi connectivity index (χ1n) is 6.60. The number of rotatable bonds is 7. The minimum Gasteiger partial charge on any atom is -0.461 e. The number of carbonyl (C=O) groups is 1. The van der Waals surface area contributed by atoms with Crippen molar-refractivity contribution in [2.45, 2.75) is 46.0 Å². The van der Waals surface area contributed by atoms with Crippen LogP contribution in [0.25, 0.3) is 0 Å². The number of hydrogen-bond donors (Lipinski definition) is 1. The molecule has 0 saturated carbocycles. The fourth-order valence-corrected chi connectivity index (χ4v) is 1.86. The van der Waals surface area contributed by atoms with E-state index < -0.39 is 0 Å². The van der Waals surface area contributed by atoms with Gasteiger partial charge in [-0.1, -0.05) is 33.1 Å². The van der Waals surface area contributed by atoms with Gasteiger partial charge in [-0.25, -0.2) is 4.79 Å². The summed E-state index contributed by atoms with van der Waals surface area (Å²) in [6.07, 6.45) is 5.04. The lowest BCUT2D eigenvalue weighted by Gasteiger charge is -2.05. The summed E-state index contributed by atoms with van der Waals surface area (Å²) < 4.78 is 6.72. The molecule has 0 aliphatic carbocycles. The van der Waals surface area contributed by atoms with Crippen molar-refractivity contribution in [2.24, 2.45) is 7.05 Å². The van der Waals surface area contributed by atoms with Crippen LogP contribution in [-0.4, -0.2) is 22.4 Å². The number of aryl methyl sites for hydroxylation is 2. The predicted molar refractivity (Wildman–Crippen MR) is 71.4 cm³/mol. The summed E-state index contributed by atoms with van der Waals surface area (Å²) in [6, 6.07) is 0. The quantitative estimate of drug-likeness (QED) is 0.598. The number of nitrogens with zero attached hydrogens (tertiary/aromatic N) is 2. The third-order valence-corrected chi connectivity index (χ3v) is 2.92. The van der Waals surface area contributed by atoms with E-state index in [1.807, 2.05) is 6.92 Å². The molecule has 1 rings (SSSR count). The lowest BCUT2D eigenvalue weighted by atomic mass is 10.2. The molecule has 1 aromatic rings. The SMILES string of the molecule is CCCCCCOC(=O)c1c(N)c(CC)nn1C. The molecule has 0 spiro atoms. The zero-order valence-corrected chi connectivity index (χ0v) is 11.5. The highest BCUT2D eigenvalue weighted by molar-refractivity contribution is 5.93. The van der Waals surface area contributed by atoms with Crippen molar-refractivity contribution in [2.75, 3.05) is 12.3 Å². The number of nitrogens with two attached hydrogens (primary N) is 1. The van der Waals surface area contributed by atoms with Crippen LogP contribution in [0.3, 0.4) is 0 Å². The molecule has 1 aromatic heterocycles. The summed E-state index contributed by atoms with van der Waals surface area (Å²) in [5, 5.41) is 4.20. The third-order valence-electron chi connectivity index (χ3n) is 2.92. The smallest absolute Gasteiger partial charge is 0.358 e. The number of aromatic nitrogens is 2. The van der Waals surface area contributed by atoms with E-state index in [1.54, 1.807) is 7.05 Å². The van der Waals surface area contributed by atoms with Crippen LogP contribution in [0.1, 0.15) is 55.7 Å². The zero-order valence-electron chi connectivity index (χ0n) is 11.5. The summed E-state index contributed by atoms with van der Waals surface area (Å²) in [7, 11) is 1.71. The highest BCUT2D eigenvalue weighted by atomic mass is 16.5. The first kappa shape index (κ1) is 14.5. The van der Waals surface area contributed by atoms with Crippen molar-refractivity contribution in [1.82, 2.24) is 9.78 Å². The molecule has 1 heterocycles. The molecule has 0 amide bonds. The molecule has 0 unspecified atom stereocenters.